The van der Waals surface area contributed by atoms with Crippen LogP contribution in [0.3, 0.4) is 0 Å². The van der Waals surface area contributed by atoms with Crippen molar-refractivity contribution in [2.24, 2.45) is 0 Å². The highest BCUT2D eigenvalue weighted by Crippen LogP contribution is 2.23. The first-order valence-electron chi connectivity index (χ1n) is 11.0. The summed E-state index contributed by atoms with van der Waals surface area (Å²) in [6.07, 6.45) is 2.08. The average Bonchev–Trinajstić information content (AvgIpc) is 3.17. The molecule has 8 nitrogen and oxygen atoms in total. The molecule has 0 saturated carbocycles. The molecule has 0 aliphatic rings. The number of aromatic nitrogens is 6. The summed E-state index contributed by atoms with van der Waals surface area (Å²) in [4.78, 5) is 27.2. The van der Waals surface area contributed by atoms with Crippen molar-refractivity contribution in [1.82, 2.24) is 29.3 Å². The standard InChI is InChI=1S/C26H23N7O/c1-4-5-11-19-23-24(27)28-15-29-25(23)32(31-19)14-21-30-18-12-8-10-17(3)22(18)26(34)33(21)20-13-7-6-9-16(20)2/h6-10,12-13,15H,4,14H2,1-3H3,(H2,27,28,29). The van der Waals surface area contributed by atoms with E-state index in [1.54, 1.807) is 9.25 Å². The first-order chi connectivity index (χ1) is 16.5. The minimum absolute atomic E-state index is 0.121. The maximum atomic E-state index is 13.8. The summed E-state index contributed by atoms with van der Waals surface area (Å²) in [5, 5.41) is 5.87. The Labute approximate surface area is 196 Å². The molecule has 3 heterocycles. The molecule has 0 saturated heterocycles. The van der Waals surface area contributed by atoms with Crippen molar-refractivity contribution in [3.05, 3.63) is 81.8 Å². The second-order valence-corrected chi connectivity index (χ2v) is 8.04. The number of anilines is 1. The lowest BCUT2D eigenvalue weighted by atomic mass is 10.1. The fourth-order valence-electron chi connectivity index (χ4n) is 4.14. The number of hydrogen-bond acceptors (Lipinski definition) is 6. The van der Waals surface area contributed by atoms with Gasteiger partial charge in [-0.25, -0.2) is 19.6 Å². The van der Waals surface area contributed by atoms with E-state index in [-0.39, 0.29) is 12.1 Å². The molecule has 2 N–H and O–H groups in total. The van der Waals surface area contributed by atoms with Crippen LogP contribution in [0.2, 0.25) is 0 Å². The third-order valence-electron chi connectivity index (χ3n) is 5.77. The SMILES string of the molecule is CCC#Cc1nn(Cc2nc3cccc(C)c3c(=O)n2-c2ccccc2C)c2ncnc(N)c12. The fourth-order valence-corrected chi connectivity index (χ4v) is 4.14. The average molecular weight is 450 g/mol. The van der Waals surface area contributed by atoms with Crippen LogP contribution in [0.4, 0.5) is 5.82 Å². The Morgan fingerprint density at radius 1 is 1.00 bits per heavy atom. The molecule has 3 aromatic heterocycles. The summed E-state index contributed by atoms with van der Waals surface area (Å²) in [7, 11) is 0. The van der Waals surface area contributed by atoms with Crippen LogP contribution < -0.4 is 11.3 Å². The minimum Gasteiger partial charge on any atom is -0.383 e. The second-order valence-electron chi connectivity index (χ2n) is 8.04. The number of aryl methyl sites for hydroxylation is 2. The van der Waals surface area contributed by atoms with Gasteiger partial charge in [-0.05, 0) is 43.0 Å². The zero-order chi connectivity index (χ0) is 23.8. The highest BCUT2D eigenvalue weighted by Gasteiger charge is 2.19. The molecule has 0 unspecified atom stereocenters. The number of hydrogen-bond donors (Lipinski definition) is 1. The van der Waals surface area contributed by atoms with Gasteiger partial charge in [-0.2, -0.15) is 5.10 Å². The molecule has 0 aliphatic carbocycles. The first-order valence-corrected chi connectivity index (χ1v) is 11.0. The molecule has 0 radical (unpaired) electrons. The van der Waals surface area contributed by atoms with Crippen LogP contribution in [-0.4, -0.2) is 29.3 Å². The van der Waals surface area contributed by atoms with Crippen molar-refractivity contribution < 1.29 is 0 Å². The van der Waals surface area contributed by atoms with E-state index in [2.05, 4.69) is 26.9 Å². The molecule has 0 amide bonds. The van der Waals surface area contributed by atoms with E-state index in [1.807, 2.05) is 63.2 Å². The molecule has 2 aromatic carbocycles. The van der Waals surface area contributed by atoms with Gasteiger partial charge in [0.2, 0.25) is 0 Å². The van der Waals surface area contributed by atoms with Gasteiger partial charge >= 0.3 is 0 Å². The number of nitrogen functional groups attached to an aromatic ring is 1. The Bertz CT molecular complexity index is 1690. The predicted molar refractivity (Wildman–Crippen MR) is 133 cm³/mol. The summed E-state index contributed by atoms with van der Waals surface area (Å²) < 4.78 is 3.35. The monoisotopic (exact) mass is 449 g/mol. The Hall–Kier alpha value is -4.51. The fraction of sp³-hybridized carbons (Fsp3) is 0.192. The molecule has 0 fully saturated rings. The second kappa shape index (κ2) is 8.45. The van der Waals surface area contributed by atoms with Gasteiger partial charge in [-0.1, -0.05) is 43.2 Å². The lowest BCUT2D eigenvalue weighted by Crippen LogP contribution is -2.26. The Balaban J connectivity index is 1.80. The maximum absolute atomic E-state index is 13.8. The summed E-state index contributed by atoms with van der Waals surface area (Å²) in [5.74, 6) is 6.95. The Morgan fingerprint density at radius 3 is 2.59 bits per heavy atom. The molecule has 0 atom stereocenters. The molecular formula is C26H23N7O. The van der Waals surface area contributed by atoms with E-state index in [0.717, 1.165) is 16.8 Å². The van der Waals surface area contributed by atoms with Gasteiger partial charge in [-0.3, -0.25) is 9.36 Å². The van der Waals surface area contributed by atoms with Crippen molar-refractivity contribution >= 4 is 27.8 Å². The van der Waals surface area contributed by atoms with Gasteiger partial charge in [-0.15, -0.1) is 0 Å². The third-order valence-corrected chi connectivity index (χ3v) is 5.77. The zero-order valence-electron chi connectivity index (χ0n) is 19.2. The van der Waals surface area contributed by atoms with Crippen LogP contribution in [0, 0.1) is 25.7 Å². The van der Waals surface area contributed by atoms with Crippen LogP contribution in [-0.2, 0) is 6.54 Å². The van der Waals surface area contributed by atoms with Gasteiger partial charge in [0.15, 0.2) is 5.65 Å². The van der Waals surface area contributed by atoms with Crippen LogP contribution in [0.25, 0.3) is 27.6 Å². The molecule has 0 bridgehead atoms. The first kappa shape index (κ1) is 21.3. The lowest BCUT2D eigenvalue weighted by Gasteiger charge is -2.16. The zero-order valence-corrected chi connectivity index (χ0v) is 19.2. The summed E-state index contributed by atoms with van der Waals surface area (Å²) in [5.41, 5.74) is 10.3. The number of nitrogens with two attached hydrogens (primary N) is 1. The van der Waals surface area contributed by atoms with Crippen LogP contribution in [0.5, 0.6) is 0 Å². The van der Waals surface area contributed by atoms with Gasteiger partial charge < -0.3 is 5.73 Å². The van der Waals surface area contributed by atoms with Gasteiger partial charge in [0, 0.05) is 6.42 Å². The smallest absolute Gasteiger partial charge is 0.266 e. The lowest BCUT2D eigenvalue weighted by molar-refractivity contribution is 0.647. The van der Waals surface area contributed by atoms with Crippen molar-refractivity contribution in [3.63, 3.8) is 0 Å². The highest BCUT2D eigenvalue weighted by molar-refractivity contribution is 5.90. The van der Waals surface area contributed by atoms with Crippen molar-refractivity contribution in [3.8, 4) is 17.5 Å². The van der Waals surface area contributed by atoms with Crippen molar-refractivity contribution in [2.45, 2.75) is 33.7 Å². The number of para-hydroxylation sites is 1. The van der Waals surface area contributed by atoms with E-state index in [1.165, 1.54) is 6.33 Å². The van der Waals surface area contributed by atoms with Gasteiger partial charge in [0.1, 0.15) is 30.2 Å². The molecule has 0 aliphatic heterocycles. The van der Waals surface area contributed by atoms with Crippen LogP contribution in [0.1, 0.15) is 36.0 Å². The van der Waals surface area contributed by atoms with E-state index >= 15 is 0 Å². The molecule has 34 heavy (non-hydrogen) atoms. The predicted octanol–water partition coefficient (Wildman–Crippen LogP) is 3.53. The molecule has 5 aromatic rings. The molecule has 5 rings (SSSR count). The van der Waals surface area contributed by atoms with Crippen LogP contribution >= 0.6 is 0 Å². The normalized spacial score (nSPS) is 11.0. The summed E-state index contributed by atoms with van der Waals surface area (Å²) in [6, 6.07) is 13.4. The minimum atomic E-state index is -0.121. The molecule has 8 heteroatoms. The number of rotatable bonds is 3. The number of benzene rings is 2. The largest absolute Gasteiger partial charge is 0.383 e. The van der Waals surface area contributed by atoms with Crippen LogP contribution in [0.15, 0.2) is 53.6 Å². The van der Waals surface area contributed by atoms with Crippen molar-refractivity contribution in [1.29, 1.82) is 0 Å². The summed E-state index contributed by atoms with van der Waals surface area (Å²) in [6.45, 7) is 6.07. The molecular weight excluding hydrogens is 426 g/mol. The highest BCUT2D eigenvalue weighted by atomic mass is 16.1. The van der Waals surface area contributed by atoms with E-state index in [9.17, 15) is 4.79 Å². The van der Waals surface area contributed by atoms with E-state index in [4.69, 9.17) is 10.7 Å². The number of fused-ring (bicyclic) bond motifs is 2. The van der Waals surface area contributed by atoms with Crippen molar-refractivity contribution in [2.75, 3.05) is 5.73 Å². The quantitative estimate of drug-likeness (QED) is 0.423. The topological polar surface area (TPSA) is 105 Å². The summed E-state index contributed by atoms with van der Waals surface area (Å²) >= 11 is 0. The third kappa shape index (κ3) is 3.48. The van der Waals surface area contributed by atoms with Gasteiger partial charge in [0.05, 0.1) is 22.0 Å². The Kier molecular flexibility index (Phi) is 5.30. The Morgan fingerprint density at radius 2 is 1.79 bits per heavy atom. The van der Waals surface area contributed by atoms with E-state index in [0.29, 0.717) is 45.7 Å². The maximum Gasteiger partial charge on any atom is 0.266 e. The molecule has 0 spiro atoms. The molecule has 168 valence electrons. The van der Waals surface area contributed by atoms with Gasteiger partial charge in [0.25, 0.3) is 5.56 Å². The number of nitrogens with zero attached hydrogens (tertiary/aromatic N) is 6. The van der Waals surface area contributed by atoms with E-state index < -0.39 is 0 Å².